The first kappa shape index (κ1) is 33.8. The number of hydrogen-bond acceptors (Lipinski definition) is 4. The molecule has 0 fully saturated rings. The van der Waals surface area contributed by atoms with Gasteiger partial charge >= 0.3 is 0 Å². The van der Waals surface area contributed by atoms with Crippen molar-refractivity contribution in [2.45, 2.75) is 44.2 Å². The molecule has 3 aliphatic carbocycles. The van der Waals surface area contributed by atoms with Crippen LogP contribution in [0.25, 0.3) is 38.9 Å². The van der Waals surface area contributed by atoms with Crippen LogP contribution in [0.2, 0.25) is 0 Å². The second-order valence-corrected chi connectivity index (χ2v) is 16.7. The smallest absolute Gasteiger partial charge is 0.231 e. The molecule has 0 spiro atoms. The number of benzene rings is 5. The van der Waals surface area contributed by atoms with Crippen molar-refractivity contribution in [2.75, 3.05) is 9.80 Å². The Morgan fingerprint density at radius 3 is 2.30 bits per heavy atom. The Hall–Kier alpha value is -6.52. The van der Waals surface area contributed by atoms with Crippen molar-refractivity contribution in [3.8, 4) is 22.4 Å². The number of para-hydroxylation sites is 2. The van der Waals surface area contributed by atoms with Crippen molar-refractivity contribution in [1.82, 2.24) is 9.97 Å². The molecule has 5 aromatic carbocycles. The summed E-state index contributed by atoms with van der Waals surface area (Å²) >= 11 is 0. The highest BCUT2D eigenvalue weighted by molar-refractivity contribution is 5.94. The van der Waals surface area contributed by atoms with Crippen LogP contribution >= 0.6 is 0 Å². The molecule has 57 heavy (non-hydrogen) atoms. The van der Waals surface area contributed by atoms with E-state index in [9.17, 15) is 0 Å². The predicted octanol–water partition coefficient (Wildman–Crippen LogP) is 12.6. The molecule has 5 atom stereocenters. The Kier molecular flexibility index (Phi) is 7.56. The summed E-state index contributed by atoms with van der Waals surface area (Å²) in [5.74, 6) is 1.33. The van der Waals surface area contributed by atoms with Gasteiger partial charge in [0.25, 0.3) is 0 Å². The summed E-state index contributed by atoms with van der Waals surface area (Å²) in [5.41, 5.74) is 13.8. The number of hydrogen-bond donors (Lipinski definition) is 0. The third-order valence-electron chi connectivity index (χ3n) is 13.1. The highest BCUT2D eigenvalue weighted by Gasteiger charge is 2.51. The topological polar surface area (TPSA) is 32.3 Å². The average molecular weight is 737 g/mol. The first-order chi connectivity index (χ1) is 27.9. The molecule has 0 amide bonds. The van der Waals surface area contributed by atoms with Crippen LogP contribution < -0.4 is 9.80 Å². The molecule has 5 aliphatic rings. The molecule has 3 heterocycles. The minimum absolute atomic E-state index is 0.157. The van der Waals surface area contributed by atoms with Gasteiger partial charge < -0.3 is 9.80 Å². The van der Waals surface area contributed by atoms with Gasteiger partial charge in [-0.25, -0.2) is 9.97 Å². The van der Waals surface area contributed by atoms with Gasteiger partial charge in [-0.2, -0.15) is 0 Å². The molecule has 4 heteroatoms. The van der Waals surface area contributed by atoms with Gasteiger partial charge in [0.15, 0.2) is 0 Å². The van der Waals surface area contributed by atoms with Crippen LogP contribution in [0.3, 0.4) is 0 Å². The van der Waals surface area contributed by atoms with E-state index in [0.29, 0.717) is 5.92 Å². The molecule has 0 radical (unpaired) electrons. The van der Waals surface area contributed by atoms with Gasteiger partial charge in [0.2, 0.25) is 5.95 Å². The van der Waals surface area contributed by atoms with Crippen molar-refractivity contribution < 1.29 is 0 Å². The minimum Gasteiger partial charge on any atom is -0.333 e. The third kappa shape index (κ3) is 5.20. The van der Waals surface area contributed by atoms with Gasteiger partial charge in [0.05, 0.1) is 22.8 Å². The Morgan fingerprint density at radius 2 is 1.44 bits per heavy atom. The number of nitrogens with zero attached hydrogens (tertiary/aromatic N) is 4. The second kappa shape index (κ2) is 12.8. The van der Waals surface area contributed by atoms with Crippen molar-refractivity contribution in [2.24, 2.45) is 11.8 Å². The van der Waals surface area contributed by atoms with Crippen molar-refractivity contribution in [3.63, 3.8) is 0 Å². The highest BCUT2D eigenvalue weighted by Crippen LogP contribution is 2.55. The molecule has 1 aromatic heterocycles. The summed E-state index contributed by atoms with van der Waals surface area (Å²) < 4.78 is 0. The van der Waals surface area contributed by atoms with Crippen molar-refractivity contribution in [3.05, 3.63) is 204 Å². The molecular weight excluding hydrogens is 693 g/mol. The van der Waals surface area contributed by atoms with Crippen LogP contribution in [-0.4, -0.2) is 21.5 Å². The summed E-state index contributed by atoms with van der Waals surface area (Å²) in [5, 5.41) is 1.05. The molecule has 4 nitrogen and oxygen atoms in total. The molecule has 276 valence electrons. The lowest BCUT2D eigenvalue weighted by Gasteiger charge is -2.40. The van der Waals surface area contributed by atoms with Crippen LogP contribution in [0.15, 0.2) is 193 Å². The lowest BCUT2D eigenvalue weighted by molar-refractivity contribution is 0.489. The number of fused-ring (bicyclic) bond motifs is 6. The zero-order valence-corrected chi connectivity index (χ0v) is 32.5. The van der Waals surface area contributed by atoms with Gasteiger partial charge in [0.1, 0.15) is 0 Å². The van der Waals surface area contributed by atoms with Crippen LogP contribution in [0, 0.1) is 11.8 Å². The number of anilines is 3. The molecule has 0 bridgehead atoms. The number of aromatic nitrogens is 2. The maximum Gasteiger partial charge on any atom is 0.231 e. The zero-order valence-electron chi connectivity index (χ0n) is 32.5. The van der Waals surface area contributed by atoms with Gasteiger partial charge in [0, 0.05) is 39.4 Å². The molecular formula is C53H44N4. The largest absolute Gasteiger partial charge is 0.333 e. The highest BCUT2D eigenvalue weighted by atomic mass is 15.3. The monoisotopic (exact) mass is 736 g/mol. The lowest BCUT2D eigenvalue weighted by Crippen LogP contribution is -2.46. The lowest BCUT2D eigenvalue weighted by atomic mass is 9.74. The molecule has 0 N–H and O–H groups in total. The van der Waals surface area contributed by atoms with Gasteiger partial charge in [-0.3, -0.25) is 0 Å². The summed E-state index contributed by atoms with van der Waals surface area (Å²) in [7, 11) is 0. The van der Waals surface area contributed by atoms with E-state index in [1.54, 1.807) is 0 Å². The fourth-order valence-electron chi connectivity index (χ4n) is 10.2. The fourth-order valence-corrected chi connectivity index (χ4v) is 10.2. The normalized spacial score (nSPS) is 25.4. The van der Waals surface area contributed by atoms with E-state index in [0.717, 1.165) is 34.5 Å². The van der Waals surface area contributed by atoms with Crippen LogP contribution in [-0.2, 0) is 5.41 Å². The molecule has 5 unspecified atom stereocenters. The Balaban J connectivity index is 1.05. The zero-order chi connectivity index (χ0) is 38.3. The Labute approximate surface area is 335 Å². The Bertz CT molecular complexity index is 2790. The van der Waals surface area contributed by atoms with Crippen molar-refractivity contribution >= 4 is 33.8 Å². The van der Waals surface area contributed by atoms with E-state index in [2.05, 4.69) is 213 Å². The minimum atomic E-state index is -0.427. The first-order valence-electron chi connectivity index (χ1n) is 20.3. The quantitative estimate of drug-likeness (QED) is 0.176. The average Bonchev–Trinajstić information content (AvgIpc) is 3.67. The van der Waals surface area contributed by atoms with E-state index in [4.69, 9.17) is 9.97 Å². The van der Waals surface area contributed by atoms with Gasteiger partial charge in [-0.15, -0.1) is 0 Å². The van der Waals surface area contributed by atoms with E-state index in [1.807, 2.05) is 0 Å². The van der Waals surface area contributed by atoms with Crippen LogP contribution in [0.4, 0.5) is 17.3 Å². The maximum absolute atomic E-state index is 5.56. The van der Waals surface area contributed by atoms with E-state index >= 15 is 0 Å². The molecule has 0 saturated carbocycles. The molecule has 0 saturated heterocycles. The van der Waals surface area contributed by atoms with Crippen molar-refractivity contribution in [1.29, 1.82) is 0 Å². The molecule has 11 rings (SSSR count). The SMILES string of the molecule is CC1C=CC2=C(C1)N(c1nc(-c3cccc(-c4ccccc4)c3)c3ccccc3n1)C1(C)C=C(c3ccc4c(c3)C3(C)C=CC=CC3N4c3ccccc3)C=CC21. The summed E-state index contributed by atoms with van der Waals surface area (Å²) in [6.07, 6.45) is 22.1. The third-order valence-corrected chi connectivity index (χ3v) is 13.1. The summed E-state index contributed by atoms with van der Waals surface area (Å²) in [6, 6.07) is 46.0. The Morgan fingerprint density at radius 1 is 0.667 bits per heavy atom. The van der Waals surface area contributed by atoms with E-state index < -0.39 is 5.54 Å². The number of rotatable bonds is 5. The molecule has 6 aromatic rings. The summed E-state index contributed by atoms with van der Waals surface area (Å²) in [6.45, 7) is 7.09. The predicted molar refractivity (Wildman–Crippen MR) is 236 cm³/mol. The van der Waals surface area contributed by atoms with Crippen LogP contribution in [0.1, 0.15) is 38.3 Å². The van der Waals surface area contributed by atoms with Crippen LogP contribution in [0.5, 0.6) is 0 Å². The van der Waals surface area contributed by atoms with E-state index in [1.165, 1.54) is 50.5 Å². The second-order valence-electron chi connectivity index (χ2n) is 16.7. The molecule has 2 aliphatic heterocycles. The fraction of sp³-hybridized carbons (Fsp3) is 0.170. The van der Waals surface area contributed by atoms with Gasteiger partial charge in [-0.05, 0) is 96.0 Å². The van der Waals surface area contributed by atoms with E-state index in [-0.39, 0.29) is 17.4 Å². The number of allylic oxidation sites excluding steroid dienone is 7. The first-order valence-corrected chi connectivity index (χ1v) is 20.3. The standard InChI is InChI=1S/C53H44N4/c1-35-24-27-42-44-28-25-40(38-26-29-47-45(33-38)52(2)30-13-12-23-49(52)56(47)41-19-8-5-9-20-41)34-53(44,3)57(48(42)31-35)51-54-46-22-11-10-21-43(46)50(55-51)39-18-14-17-37(32-39)36-15-6-4-7-16-36/h4-30,32-35,44,49H,31H2,1-3H3. The summed E-state index contributed by atoms with van der Waals surface area (Å²) in [4.78, 5) is 16.0. The maximum atomic E-state index is 5.56. The van der Waals surface area contributed by atoms with Gasteiger partial charge in [-0.1, -0.05) is 153 Å².